The third-order valence-corrected chi connectivity index (χ3v) is 7.99. The molecule has 2 aromatic carbocycles. The molecule has 0 saturated carbocycles. The molecule has 1 atom stereocenters. The van der Waals surface area contributed by atoms with Gasteiger partial charge in [0.1, 0.15) is 10.9 Å². The molecule has 35 heavy (non-hydrogen) atoms. The molecule has 0 fully saturated rings. The molecule has 1 aliphatic heterocycles. The van der Waals surface area contributed by atoms with Crippen LogP contribution in [-0.4, -0.2) is 61.0 Å². The fourth-order valence-electron chi connectivity index (χ4n) is 4.08. The van der Waals surface area contributed by atoms with E-state index in [0.29, 0.717) is 19.5 Å². The van der Waals surface area contributed by atoms with Gasteiger partial charge in [-0.25, -0.2) is 12.7 Å². The summed E-state index contributed by atoms with van der Waals surface area (Å²) in [5, 5.41) is 2.88. The van der Waals surface area contributed by atoms with Crippen molar-refractivity contribution in [3.05, 3.63) is 65.7 Å². The van der Waals surface area contributed by atoms with Gasteiger partial charge in [-0.3, -0.25) is 14.4 Å². The number of rotatable bonds is 12. The minimum Gasteiger partial charge on any atom is -0.354 e. The predicted octanol–water partition coefficient (Wildman–Crippen LogP) is 2.99. The molecule has 2 aromatic rings. The minimum absolute atomic E-state index is 0.00168. The summed E-state index contributed by atoms with van der Waals surface area (Å²) in [5.74, 6) is -1.04. The second-order valence-corrected chi connectivity index (χ2v) is 10.5. The summed E-state index contributed by atoms with van der Waals surface area (Å²) in [6.45, 7) is 4.56. The van der Waals surface area contributed by atoms with Gasteiger partial charge in [0, 0.05) is 26.1 Å². The van der Waals surface area contributed by atoms with Gasteiger partial charge >= 0.3 is 0 Å². The van der Waals surface area contributed by atoms with Crippen molar-refractivity contribution in [2.45, 2.75) is 56.9 Å². The van der Waals surface area contributed by atoms with Crippen LogP contribution in [0.15, 0.2) is 59.5 Å². The van der Waals surface area contributed by atoms with Gasteiger partial charge in [-0.2, -0.15) is 0 Å². The average Bonchev–Trinajstić information content (AvgIpc) is 3.05. The Bertz CT molecular complexity index is 1150. The number of fused-ring (bicyclic) bond motifs is 1. The highest BCUT2D eigenvalue weighted by Crippen LogP contribution is 2.30. The lowest BCUT2D eigenvalue weighted by Gasteiger charge is -2.29. The first-order valence-electron chi connectivity index (χ1n) is 12.0. The van der Waals surface area contributed by atoms with Crippen LogP contribution in [0.25, 0.3) is 0 Å². The van der Waals surface area contributed by atoms with Gasteiger partial charge in [-0.1, -0.05) is 55.8 Å². The lowest BCUT2D eigenvalue weighted by Crippen LogP contribution is -2.49. The van der Waals surface area contributed by atoms with Crippen molar-refractivity contribution < 1.29 is 22.8 Å². The van der Waals surface area contributed by atoms with Crippen LogP contribution in [0.4, 0.5) is 0 Å². The fraction of sp³-hybridized carbons (Fsp3) is 0.423. The van der Waals surface area contributed by atoms with Crippen molar-refractivity contribution in [3.8, 4) is 0 Å². The maximum atomic E-state index is 13.2. The molecule has 0 spiro atoms. The van der Waals surface area contributed by atoms with Gasteiger partial charge in [0.05, 0.1) is 5.56 Å². The normalized spacial score (nSPS) is 14.9. The number of hydrogen-bond donors (Lipinski definition) is 1. The third-order valence-electron chi connectivity index (χ3n) is 6.14. The Morgan fingerprint density at radius 3 is 2.40 bits per heavy atom. The van der Waals surface area contributed by atoms with Crippen LogP contribution in [0.3, 0.4) is 0 Å². The Kier molecular flexibility index (Phi) is 9.03. The molecular formula is C26H33N3O5S. The number of carbonyl (C=O) groups excluding carboxylic acids is 3. The summed E-state index contributed by atoms with van der Waals surface area (Å²) in [6.07, 6.45) is 2.60. The van der Waals surface area contributed by atoms with Crippen LogP contribution in [-0.2, 0) is 26.0 Å². The summed E-state index contributed by atoms with van der Waals surface area (Å²) < 4.78 is 26.3. The molecular weight excluding hydrogens is 466 g/mol. The average molecular weight is 500 g/mol. The number of nitrogens with zero attached hydrogens (tertiary/aromatic N) is 2. The molecule has 8 nitrogen and oxygen atoms in total. The highest BCUT2D eigenvalue weighted by atomic mass is 32.2. The summed E-state index contributed by atoms with van der Waals surface area (Å²) in [5.41, 5.74) is 1.20. The quantitative estimate of drug-likeness (QED) is 0.452. The van der Waals surface area contributed by atoms with E-state index in [0.717, 1.165) is 22.7 Å². The highest BCUT2D eigenvalue weighted by Gasteiger charge is 2.40. The van der Waals surface area contributed by atoms with Crippen LogP contribution in [0.1, 0.15) is 55.5 Å². The molecule has 0 saturated heterocycles. The van der Waals surface area contributed by atoms with Crippen LogP contribution in [0, 0.1) is 0 Å². The Labute approximate surface area is 207 Å². The Hall–Kier alpha value is -3.20. The molecule has 3 rings (SSSR count). The van der Waals surface area contributed by atoms with Crippen molar-refractivity contribution in [1.29, 1.82) is 0 Å². The van der Waals surface area contributed by atoms with Gasteiger partial charge in [-0.15, -0.1) is 0 Å². The maximum absolute atomic E-state index is 13.2. The molecule has 1 aliphatic rings. The number of benzene rings is 2. The van der Waals surface area contributed by atoms with E-state index in [-0.39, 0.29) is 41.7 Å². The van der Waals surface area contributed by atoms with Gasteiger partial charge in [0.15, 0.2) is 0 Å². The van der Waals surface area contributed by atoms with Gasteiger partial charge in [-0.05, 0) is 43.9 Å². The number of sulfonamides is 1. The SMILES string of the molecule is CCCCNC(=O)[C@@H](C)N(CCc1ccccc1)C(=O)CCCN1C(=O)c2ccccc2S1(=O)=O. The van der Waals surface area contributed by atoms with Crippen molar-refractivity contribution in [2.75, 3.05) is 19.6 Å². The zero-order valence-electron chi connectivity index (χ0n) is 20.3. The monoisotopic (exact) mass is 499 g/mol. The number of carbonyl (C=O) groups is 3. The van der Waals surface area contributed by atoms with Crippen LogP contribution in [0.5, 0.6) is 0 Å². The lowest BCUT2D eigenvalue weighted by atomic mass is 10.1. The number of nitrogens with one attached hydrogen (secondary N) is 1. The van der Waals surface area contributed by atoms with E-state index in [2.05, 4.69) is 5.32 Å². The molecule has 3 amide bonds. The van der Waals surface area contributed by atoms with E-state index >= 15 is 0 Å². The van der Waals surface area contributed by atoms with Crippen LogP contribution < -0.4 is 5.32 Å². The lowest BCUT2D eigenvalue weighted by molar-refractivity contribution is -0.140. The fourth-order valence-corrected chi connectivity index (χ4v) is 5.68. The number of amides is 3. The Morgan fingerprint density at radius 2 is 1.71 bits per heavy atom. The van der Waals surface area contributed by atoms with Crippen molar-refractivity contribution in [2.24, 2.45) is 0 Å². The largest absolute Gasteiger partial charge is 0.354 e. The predicted molar refractivity (Wildman–Crippen MR) is 133 cm³/mol. The van der Waals surface area contributed by atoms with Gasteiger partial charge in [0.25, 0.3) is 15.9 Å². The van der Waals surface area contributed by atoms with Gasteiger partial charge < -0.3 is 10.2 Å². The maximum Gasteiger partial charge on any atom is 0.269 e. The van der Waals surface area contributed by atoms with E-state index in [1.807, 2.05) is 37.3 Å². The van der Waals surface area contributed by atoms with Crippen LogP contribution in [0.2, 0.25) is 0 Å². The van der Waals surface area contributed by atoms with E-state index in [1.165, 1.54) is 12.1 Å². The zero-order valence-corrected chi connectivity index (χ0v) is 21.1. The molecule has 0 radical (unpaired) electrons. The van der Waals surface area contributed by atoms with E-state index in [4.69, 9.17) is 0 Å². The van der Waals surface area contributed by atoms with Crippen LogP contribution >= 0.6 is 0 Å². The molecule has 0 aromatic heterocycles. The standard InChI is InChI=1S/C26H33N3O5S/c1-3-4-17-27-25(31)20(2)28(19-16-21-11-6-5-7-12-21)24(30)15-10-18-29-26(32)22-13-8-9-14-23(22)35(29,33)34/h5-9,11-14,20H,3-4,10,15-19H2,1-2H3,(H,27,31)/t20-/m1/s1. The minimum atomic E-state index is -3.91. The molecule has 1 heterocycles. The summed E-state index contributed by atoms with van der Waals surface area (Å²) in [7, 11) is -3.91. The summed E-state index contributed by atoms with van der Waals surface area (Å²) >= 11 is 0. The summed E-state index contributed by atoms with van der Waals surface area (Å²) in [4.78, 5) is 40.0. The highest BCUT2D eigenvalue weighted by molar-refractivity contribution is 7.90. The van der Waals surface area contributed by atoms with E-state index in [1.54, 1.807) is 24.0 Å². The van der Waals surface area contributed by atoms with Gasteiger partial charge in [0.2, 0.25) is 11.8 Å². The molecule has 0 unspecified atom stereocenters. The second kappa shape index (κ2) is 12.0. The number of hydrogen-bond acceptors (Lipinski definition) is 5. The van der Waals surface area contributed by atoms with Crippen molar-refractivity contribution in [1.82, 2.24) is 14.5 Å². The molecule has 0 aliphatic carbocycles. The first kappa shape index (κ1) is 26.4. The van der Waals surface area contributed by atoms with E-state index in [9.17, 15) is 22.8 Å². The first-order valence-corrected chi connectivity index (χ1v) is 13.5. The Morgan fingerprint density at radius 1 is 1.03 bits per heavy atom. The number of unbranched alkanes of at least 4 members (excludes halogenated alkanes) is 1. The molecule has 9 heteroatoms. The molecule has 188 valence electrons. The summed E-state index contributed by atoms with van der Waals surface area (Å²) in [6, 6.07) is 15.1. The van der Waals surface area contributed by atoms with Crippen molar-refractivity contribution >= 4 is 27.7 Å². The topological polar surface area (TPSA) is 104 Å². The third kappa shape index (κ3) is 6.28. The second-order valence-electron chi connectivity index (χ2n) is 8.63. The molecule has 0 bridgehead atoms. The molecule has 1 N–H and O–H groups in total. The van der Waals surface area contributed by atoms with Crippen molar-refractivity contribution in [3.63, 3.8) is 0 Å². The zero-order chi connectivity index (χ0) is 25.4. The Balaban J connectivity index is 1.64. The van der Waals surface area contributed by atoms with E-state index < -0.39 is 22.0 Å². The first-order chi connectivity index (χ1) is 16.8. The smallest absolute Gasteiger partial charge is 0.269 e.